The van der Waals surface area contributed by atoms with Crippen LogP contribution in [0.5, 0.6) is 0 Å². The third-order valence-corrected chi connectivity index (χ3v) is 7.02. The van der Waals surface area contributed by atoms with Crippen molar-refractivity contribution in [3.05, 3.63) is 35.9 Å². The first-order valence-electron chi connectivity index (χ1n) is 14.7. The highest BCUT2D eigenvalue weighted by Gasteiger charge is 2.33. The molecular formula is C29H50N2O14S2. The Kier molecular flexibility index (Phi) is 20.8. The molecule has 0 radical (unpaired) electrons. The number of benzene rings is 1. The molecule has 1 aromatic carbocycles. The number of hydrogen-bond donors (Lipinski definition) is 4. The van der Waals surface area contributed by atoms with E-state index >= 15 is 0 Å². The van der Waals surface area contributed by atoms with Crippen molar-refractivity contribution in [2.24, 2.45) is 5.41 Å². The molecule has 0 bridgehead atoms. The fourth-order valence-corrected chi connectivity index (χ4v) is 3.94. The first-order valence-corrected chi connectivity index (χ1v) is 17.9. The standard InChI is InChI=1S/C16H23NO7S.C11H21NO7S.C2H6/c1-12(24-15(19)17-10-7-11-25(20,21)22)23-14(18)16(2,3)13-8-5-4-6-9-13;1-8(18-9(13)11(2,3)4)19-10(14)12-6-5-7-20(15,16)17;1-2/h4-6,8-9,12H,7,10-11H2,1-3H3,(H,17,19)(H,20,21,22);8H,5-7H2,1-4H3,(H,12,14)(H,15,16,17);1-2H3. The zero-order valence-corrected chi connectivity index (χ0v) is 30.0. The van der Waals surface area contributed by atoms with Crippen molar-refractivity contribution in [3.63, 3.8) is 0 Å². The maximum Gasteiger partial charge on any atom is 0.410 e. The molecule has 1 rings (SSSR count). The van der Waals surface area contributed by atoms with Crippen LogP contribution in [-0.4, -0.2) is 87.2 Å². The number of rotatable bonds is 14. The van der Waals surface area contributed by atoms with Crippen molar-refractivity contribution in [3.8, 4) is 0 Å². The largest absolute Gasteiger partial charge is 0.425 e. The normalized spacial score (nSPS) is 12.7. The van der Waals surface area contributed by atoms with Gasteiger partial charge in [-0.25, -0.2) is 9.59 Å². The van der Waals surface area contributed by atoms with E-state index in [1.807, 2.05) is 32.0 Å². The van der Waals surface area contributed by atoms with Gasteiger partial charge in [0.25, 0.3) is 20.2 Å². The quantitative estimate of drug-likeness (QED) is 0.0928. The number of carbonyl (C=O) groups excluding carboxylic acids is 4. The minimum absolute atomic E-state index is 0.00516. The van der Waals surface area contributed by atoms with Crippen molar-refractivity contribution in [2.45, 2.75) is 93.2 Å². The molecule has 0 saturated heterocycles. The molecule has 0 heterocycles. The van der Waals surface area contributed by atoms with Gasteiger partial charge in [-0.3, -0.25) is 18.7 Å². The monoisotopic (exact) mass is 714 g/mol. The second-order valence-corrected chi connectivity index (χ2v) is 14.3. The smallest absolute Gasteiger partial charge is 0.410 e. The van der Waals surface area contributed by atoms with Gasteiger partial charge in [-0.05, 0) is 53.0 Å². The summed E-state index contributed by atoms with van der Waals surface area (Å²) in [6.07, 6.45) is -3.78. The average molecular weight is 715 g/mol. The summed E-state index contributed by atoms with van der Waals surface area (Å²) in [5, 5.41) is 4.57. The number of nitrogens with one attached hydrogen (secondary N) is 2. The molecule has 2 atom stereocenters. The molecule has 16 nitrogen and oxygen atoms in total. The SMILES string of the molecule is CC.CC(OC(=O)NCCCS(=O)(=O)O)OC(=O)C(C)(C)C.CC(OC(=O)NCCCS(=O)(=O)O)OC(=O)C(C)(C)c1ccccc1. The summed E-state index contributed by atoms with van der Waals surface area (Å²) in [6.45, 7) is 15.2. The maximum absolute atomic E-state index is 12.3. The van der Waals surface area contributed by atoms with E-state index in [1.165, 1.54) is 13.8 Å². The van der Waals surface area contributed by atoms with E-state index in [1.54, 1.807) is 46.8 Å². The Labute approximate surface area is 277 Å². The van der Waals surface area contributed by atoms with Crippen molar-refractivity contribution in [1.82, 2.24) is 10.6 Å². The Hall–Kier alpha value is -3.48. The Bertz CT molecular complexity index is 1330. The molecule has 4 N–H and O–H groups in total. The van der Waals surface area contributed by atoms with E-state index in [4.69, 9.17) is 28.1 Å². The minimum atomic E-state index is -4.07. The summed E-state index contributed by atoms with van der Waals surface area (Å²) in [5.41, 5.74) is -0.851. The van der Waals surface area contributed by atoms with Gasteiger partial charge in [0.1, 0.15) is 0 Å². The van der Waals surface area contributed by atoms with Crippen molar-refractivity contribution >= 4 is 44.4 Å². The molecule has 18 heteroatoms. The average Bonchev–Trinajstić information content (AvgIpc) is 2.93. The summed E-state index contributed by atoms with van der Waals surface area (Å²) in [6, 6.07) is 9.06. The Balaban J connectivity index is 0. The Morgan fingerprint density at radius 3 is 1.38 bits per heavy atom. The molecule has 0 aliphatic carbocycles. The molecule has 272 valence electrons. The fraction of sp³-hybridized carbons (Fsp3) is 0.655. The molecule has 0 aromatic heterocycles. The molecule has 0 saturated carbocycles. The van der Waals surface area contributed by atoms with E-state index < -0.39 is 79.3 Å². The van der Waals surface area contributed by atoms with Crippen LogP contribution < -0.4 is 10.6 Å². The summed E-state index contributed by atoms with van der Waals surface area (Å²) in [5.74, 6) is -1.99. The fourth-order valence-electron chi connectivity index (χ4n) is 2.92. The first kappa shape index (κ1) is 45.6. The van der Waals surface area contributed by atoms with Crippen LogP contribution >= 0.6 is 0 Å². The van der Waals surface area contributed by atoms with Crippen molar-refractivity contribution in [2.75, 3.05) is 24.6 Å². The van der Waals surface area contributed by atoms with Gasteiger partial charge in [0.15, 0.2) is 0 Å². The second kappa shape index (κ2) is 21.4. The highest BCUT2D eigenvalue weighted by atomic mass is 32.2. The number of esters is 2. The predicted molar refractivity (Wildman–Crippen MR) is 172 cm³/mol. The minimum Gasteiger partial charge on any atom is -0.425 e. The van der Waals surface area contributed by atoms with Crippen LogP contribution in [0.25, 0.3) is 0 Å². The number of amides is 2. The zero-order chi connectivity index (χ0) is 37.1. The van der Waals surface area contributed by atoms with Gasteiger partial charge in [0, 0.05) is 26.9 Å². The van der Waals surface area contributed by atoms with Gasteiger partial charge in [0.05, 0.1) is 22.3 Å². The lowest BCUT2D eigenvalue weighted by molar-refractivity contribution is -0.174. The predicted octanol–water partition coefficient (Wildman–Crippen LogP) is 3.81. The third kappa shape index (κ3) is 23.5. The van der Waals surface area contributed by atoms with Gasteiger partial charge in [-0.15, -0.1) is 0 Å². The lowest BCUT2D eigenvalue weighted by Gasteiger charge is -2.25. The summed E-state index contributed by atoms with van der Waals surface area (Å²) in [4.78, 5) is 46.6. The van der Waals surface area contributed by atoms with E-state index in [0.29, 0.717) is 0 Å². The topological polar surface area (TPSA) is 238 Å². The maximum atomic E-state index is 12.3. The summed E-state index contributed by atoms with van der Waals surface area (Å²) in [7, 11) is -8.10. The number of carbonyl (C=O) groups is 4. The molecule has 1 aromatic rings. The summed E-state index contributed by atoms with van der Waals surface area (Å²) < 4.78 is 78.6. The lowest BCUT2D eigenvalue weighted by Crippen LogP contribution is -2.36. The molecule has 0 aliphatic rings. The van der Waals surface area contributed by atoms with Gasteiger partial charge >= 0.3 is 24.1 Å². The van der Waals surface area contributed by atoms with E-state index in [2.05, 4.69) is 10.6 Å². The van der Waals surface area contributed by atoms with Gasteiger partial charge < -0.3 is 29.6 Å². The second-order valence-electron chi connectivity index (χ2n) is 11.1. The number of hydrogen-bond acceptors (Lipinski definition) is 12. The summed E-state index contributed by atoms with van der Waals surface area (Å²) >= 11 is 0. The highest BCUT2D eigenvalue weighted by Crippen LogP contribution is 2.25. The van der Waals surface area contributed by atoms with Crippen LogP contribution in [-0.2, 0) is 54.2 Å². The van der Waals surface area contributed by atoms with Gasteiger partial charge in [0.2, 0.25) is 12.6 Å². The number of ether oxygens (including phenoxy) is 4. The van der Waals surface area contributed by atoms with E-state index in [-0.39, 0.29) is 25.9 Å². The van der Waals surface area contributed by atoms with E-state index in [9.17, 15) is 36.0 Å². The molecule has 0 fully saturated rings. The molecule has 0 aliphatic heterocycles. The highest BCUT2D eigenvalue weighted by molar-refractivity contribution is 7.86. The van der Waals surface area contributed by atoms with Crippen LogP contribution in [0.15, 0.2) is 30.3 Å². The Morgan fingerprint density at radius 2 is 1.04 bits per heavy atom. The zero-order valence-electron chi connectivity index (χ0n) is 28.4. The van der Waals surface area contributed by atoms with Crippen LogP contribution in [0.3, 0.4) is 0 Å². The molecule has 47 heavy (non-hydrogen) atoms. The Morgan fingerprint density at radius 1 is 0.681 bits per heavy atom. The van der Waals surface area contributed by atoms with Crippen molar-refractivity contribution < 1.29 is 64.1 Å². The van der Waals surface area contributed by atoms with Gasteiger partial charge in [-0.1, -0.05) is 44.2 Å². The number of alkyl carbamates (subject to hydrolysis) is 2. The lowest BCUT2D eigenvalue weighted by atomic mass is 9.85. The van der Waals surface area contributed by atoms with Crippen LogP contribution in [0.4, 0.5) is 9.59 Å². The van der Waals surface area contributed by atoms with Gasteiger partial charge in [-0.2, -0.15) is 16.8 Å². The molecule has 2 amide bonds. The van der Waals surface area contributed by atoms with Crippen LogP contribution in [0.2, 0.25) is 0 Å². The molecule has 0 spiro atoms. The van der Waals surface area contributed by atoms with Crippen LogP contribution in [0.1, 0.15) is 80.7 Å². The third-order valence-electron chi connectivity index (χ3n) is 5.41. The molecular weight excluding hydrogens is 664 g/mol. The molecule has 2 unspecified atom stereocenters. The first-order chi connectivity index (χ1) is 21.4. The van der Waals surface area contributed by atoms with Crippen LogP contribution in [0, 0.1) is 5.41 Å². The van der Waals surface area contributed by atoms with Crippen molar-refractivity contribution in [1.29, 1.82) is 0 Å². The van der Waals surface area contributed by atoms with E-state index in [0.717, 1.165) is 5.56 Å².